The third-order valence-electron chi connectivity index (χ3n) is 10.3. The summed E-state index contributed by atoms with van der Waals surface area (Å²) in [6.45, 7) is 8.81. The second-order valence-electron chi connectivity index (χ2n) is 14.6. The maximum atomic E-state index is 6.54. The molecule has 6 heteroatoms. The van der Waals surface area contributed by atoms with Crippen molar-refractivity contribution in [3.63, 3.8) is 0 Å². The van der Waals surface area contributed by atoms with Crippen LogP contribution in [0.25, 0.3) is 49.2 Å². The number of hydrogen-bond donors (Lipinski definition) is 0. The van der Waals surface area contributed by atoms with E-state index in [0.717, 1.165) is 50.4 Å². The molecule has 0 aliphatic carbocycles. The fourth-order valence-corrected chi connectivity index (χ4v) is 7.59. The van der Waals surface area contributed by atoms with Gasteiger partial charge in [-0.1, -0.05) is 99.1 Å². The van der Waals surface area contributed by atoms with Crippen molar-refractivity contribution in [3.8, 4) is 17.3 Å². The summed E-state index contributed by atoms with van der Waals surface area (Å²) < 4.78 is 8.72. The largest absolute Gasteiger partial charge is 0.509 e. The molecule has 5 nitrogen and oxygen atoms in total. The van der Waals surface area contributed by atoms with Gasteiger partial charge in [0.25, 0.3) is 0 Å². The Labute approximate surface area is 329 Å². The van der Waals surface area contributed by atoms with E-state index in [1.54, 1.807) is 0 Å². The summed E-state index contributed by atoms with van der Waals surface area (Å²) in [7, 11) is 0. The Bertz CT molecular complexity index is 2870. The minimum Gasteiger partial charge on any atom is -0.509 e. The topological polar surface area (TPSA) is 33.5 Å². The molecule has 0 N–H and O–H groups in total. The van der Waals surface area contributed by atoms with Gasteiger partial charge in [-0.05, 0) is 80.4 Å². The zero-order valence-corrected chi connectivity index (χ0v) is 32.3. The number of ether oxygens (including phenoxy) is 1. The first kappa shape index (κ1) is 33.9. The van der Waals surface area contributed by atoms with E-state index in [2.05, 4.69) is 181 Å². The maximum absolute atomic E-state index is 6.54. The van der Waals surface area contributed by atoms with Crippen molar-refractivity contribution in [1.82, 2.24) is 9.55 Å². The molecular weight excluding hydrogens is 844 g/mol. The van der Waals surface area contributed by atoms with Gasteiger partial charge in [-0.3, -0.25) is 0 Å². The van der Waals surface area contributed by atoms with Gasteiger partial charge >= 0.3 is 0 Å². The van der Waals surface area contributed by atoms with Crippen molar-refractivity contribution in [3.05, 3.63) is 176 Å². The van der Waals surface area contributed by atoms with Gasteiger partial charge in [0, 0.05) is 61.3 Å². The molecule has 10 rings (SSSR count). The van der Waals surface area contributed by atoms with Crippen LogP contribution in [0.2, 0.25) is 0 Å². The van der Waals surface area contributed by atoms with Crippen molar-refractivity contribution in [2.45, 2.75) is 26.2 Å². The van der Waals surface area contributed by atoms with Gasteiger partial charge in [0.2, 0.25) is 0 Å². The van der Waals surface area contributed by atoms with Gasteiger partial charge < -0.3 is 19.1 Å². The Morgan fingerprint density at radius 3 is 2.15 bits per heavy atom. The summed E-state index contributed by atoms with van der Waals surface area (Å²) >= 11 is 0. The van der Waals surface area contributed by atoms with Gasteiger partial charge in [-0.2, -0.15) is 12.1 Å². The van der Waals surface area contributed by atoms with Gasteiger partial charge in [0.1, 0.15) is 5.82 Å². The number of aromatic nitrogens is 2. The van der Waals surface area contributed by atoms with Crippen molar-refractivity contribution in [2.24, 2.45) is 0 Å². The van der Waals surface area contributed by atoms with E-state index in [1.165, 1.54) is 27.1 Å². The second-order valence-corrected chi connectivity index (χ2v) is 14.6. The number of nitrogens with zero attached hydrogens (tertiary/aromatic N) is 4. The normalized spacial score (nSPS) is 12.8. The average molecular weight is 879 g/mol. The Hall–Kier alpha value is -5.90. The van der Waals surface area contributed by atoms with E-state index in [4.69, 9.17) is 9.72 Å². The monoisotopic (exact) mass is 878 g/mol. The van der Waals surface area contributed by atoms with Crippen LogP contribution in [0, 0.1) is 18.8 Å². The van der Waals surface area contributed by atoms with E-state index in [9.17, 15) is 0 Å². The minimum absolute atomic E-state index is 0. The van der Waals surface area contributed by atoms with E-state index < -0.39 is 0 Å². The molecule has 1 aliphatic rings. The molecule has 0 saturated carbocycles. The Morgan fingerprint density at radius 1 is 0.593 bits per heavy atom. The third-order valence-corrected chi connectivity index (χ3v) is 10.3. The summed E-state index contributed by atoms with van der Waals surface area (Å²) in [5.74, 6) is 2.08. The molecule has 3 heterocycles. The van der Waals surface area contributed by atoms with Crippen molar-refractivity contribution < 1.29 is 25.8 Å². The standard InChI is InChI=1S/C48H35N4O.Pt/c1-48(2,3)34-25-26-49-47(28-34)52-43-16-7-6-15-41(43)42-24-22-38(30-46(42)52)53-37-13-10-12-35(29-37)50-31-51(45-18-9-8-17-44(45)50)36-21-23-40-33(27-36)20-19-32-11-4-5-14-39(32)40;/h4-28,31H,1-3H3;/q-3;. The molecule has 0 bridgehead atoms. The number of para-hydroxylation sites is 3. The van der Waals surface area contributed by atoms with Crippen LogP contribution in [0.1, 0.15) is 26.3 Å². The zero-order valence-electron chi connectivity index (χ0n) is 30.0. The number of benzene rings is 7. The second kappa shape index (κ2) is 13.2. The summed E-state index contributed by atoms with van der Waals surface area (Å²) in [5.41, 5.74) is 7.35. The van der Waals surface area contributed by atoms with Crippen LogP contribution in [0.15, 0.2) is 152 Å². The summed E-state index contributed by atoms with van der Waals surface area (Å²) in [6.07, 6.45) is 1.90. The molecule has 0 saturated heterocycles. The SMILES string of the molecule is CC(C)(C)c1ccnc(-n2c3[c-]c(Oc4[c-]c(N5[CH-]N(c6ccc7c(ccc8ccccc87)c6)c6ccccc65)ccc4)ccc3c3ccccc32)c1.[Pt]. The van der Waals surface area contributed by atoms with Crippen LogP contribution in [-0.2, 0) is 26.5 Å². The Kier molecular flexibility index (Phi) is 8.28. The predicted octanol–water partition coefficient (Wildman–Crippen LogP) is 12.6. The molecule has 1 aliphatic heterocycles. The summed E-state index contributed by atoms with van der Waals surface area (Å²) in [5, 5.41) is 7.21. The van der Waals surface area contributed by atoms with Gasteiger partial charge in [0.15, 0.2) is 0 Å². The molecule has 2 aromatic heterocycles. The molecule has 0 atom stereocenters. The van der Waals surface area contributed by atoms with Crippen LogP contribution in [0.3, 0.4) is 0 Å². The summed E-state index contributed by atoms with van der Waals surface area (Å²) in [4.78, 5) is 9.24. The first-order valence-corrected chi connectivity index (χ1v) is 18.0. The zero-order chi connectivity index (χ0) is 35.7. The smallest absolute Gasteiger partial charge is 0.135 e. The molecule has 54 heavy (non-hydrogen) atoms. The van der Waals surface area contributed by atoms with E-state index in [1.807, 2.05) is 24.4 Å². The maximum Gasteiger partial charge on any atom is 0.135 e. The molecule has 0 spiro atoms. The van der Waals surface area contributed by atoms with Gasteiger partial charge in [0.05, 0.1) is 0 Å². The molecule has 7 aromatic carbocycles. The van der Waals surface area contributed by atoms with Gasteiger partial charge in [-0.15, -0.1) is 48.1 Å². The van der Waals surface area contributed by atoms with Crippen molar-refractivity contribution in [2.75, 3.05) is 9.80 Å². The number of hydrogen-bond acceptors (Lipinski definition) is 4. The molecule has 0 amide bonds. The van der Waals surface area contributed by atoms with Crippen LogP contribution < -0.4 is 14.5 Å². The van der Waals surface area contributed by atoms with Crippen LogP contribution in [-0.4, -0.2) is 9.55 Å². The quantitative estimate of drug-likeness (QED) is 0.127. The first-order chi connectivity index (χ1) is 25.9. The fraction of sp³-hybridized carbons (Fsp3) is 0.0833. The Morgan fingerprint density at radius 2 is 1.30 bits per heavy atom. The molecule has 9 aromatic rings. The van der Waals surface area contributed by atoms with E-state index in [0.29, 0.717) is 11.5 Å². The van der Waals surface area contributed by atoms with Crippen molar-refractivity contribution >= 4 is 66.1 Å². The fourth-order valence-electron chi connectivity index (χ4n) is 7.59. The van der Waals surface area contributed by atoms with Crippen LogP contribution in [0.4, 0.5) is 22.7 Å². The summed E-state index contributed by atoms with van der Waals surface area (Å²) in [6, 6.07) is 58.1. The van der Waals surface area contributed by atoms with E-state index >= 15 is 0 Å². The molecule has 0 radical (unpaired) electrons. The minimum atomic E-state index is -0.00951. The number of fused-ring (bicyclic) bond motifs is 7. The number of pyridine rings is 1. The number of anilines is 4. The molecule has 0 unspecified atom stereocenters. The number of rotatable bonds is 5. The molecule has 0 fully saturated rings. The predicted molar refractivity (Wildman–Crippen MR) is 218 cm³/mol. The molecule has 266 valence electrons. The third kappa shape index (κ3) is 5.71. The van der Waals surface area contributed by atoms with Crippen molar-refractivity contribution in [1.29, 1.82) is 0 Å². The van der Waals surface area contributed by atoms with E-state index in [-0.39, 0.29) is 26.5 Å². The van der Waals surface area contributed by atoms with Gasteiger partial charge in [-0.25, -0.2) is 4.98 Å². The first-order valence-electron chi connectivity index (χ1n) is 18.0. The van der Waals surface area contributed by atoms with Crippen LogP contribution in [0.5, 0.6) is 11.5 Å². The average Bonchev–Trinajstić information content (AvgIpc) is 3.74. The van der Waals surface area contributed by atoms with Crippen LogP contribution >= 0.6 is 0 Å². The Balaban J connectivity index is 0.00000384. The molecular formula is C48H35N4OPt-3.